The zero-order valence-corrected chi connectivity index (χ0v) is 13.5. The lowest BCUT2D eigenvalue weighted by Gasteiger charge is -2.53. The number of hydrogen-bond acceptors (Lipinski definition) is 2. The van der Waals surface area contributed by atoms with Crippen LogP contribution in [0.1, 0.15) is 11.6 Å². The van der Waals surface area contributed by atoms with E-state index in [-0.39, 0.29) is 0 Å². The second-order valence-corrected chi connectivity index (χ2v) is 11.8. The van der Waals surface area contributed by atoms with Crippen molar-refractivity contribution in [2.24, 2.45) is 0 Å². The molecule has 1 aromatic rings. The topological polar surface area (TPSA) is 12.5 Å². The van der Waals surface area contributed by atoms with Crippen LogP contribution in [0.25, 0.3) is 0 Å². The summed E-state index contributed by atoms with van der Waals surface area (Å²) in [4.78, 5) is 3.37. The van der Waals surface area contributed by atoms with Crippen LogP contribution in [0.15, 0.2) is 24.3 Å². The van der Waals surface area contributed by atoms with Gasteiger partial charge in [-0.25, -0.2) is 0 Å². The van der Waals surface area contributed by atoms with Gasteiger partial charge in [0.05, 0.1) is 26.2 Å². The average molecular weight is 279 g/mol. The van der Waals surface area contributed by atoms with E-state index in [9.17, 15) is 0 Å². The molecule has 2 nitrogen and oxygen atoms in total. The molecule has 18 heavy (non-hydrogen) atoms. The van der Waals surface area contributed by atoms with Crippen LogP contribution >= 0.6 is 12.2 Å². The molecule has 0 bridgehead atoms. The summed E-state index contributed by atoms with van der Waals surface area (Å²) in [5.41, 5.74) is 1.92. The summed E-state index contributed by atoms with van der Waals surface area (Å²) in [5, 5.41) is 0. The van der Waals surface area contributed by atoms with Crippen molar-refractivity contribution in [1.82, 2.24) is 4.90 Å². The lowest BCUT2D eigenvalue weighted by molar-refractivity contribution is 0.305. The quantitative estimate of drug-likeness (QED) is 0.618. The summed E-state index contributed by atoms with van der Waals surface area (Å²) in [5.74, 6) is 0.910. The van der Waals surface area contributed by atoms with E-state index in [1.807, 2.05) is 12.1 Å². The monoisotopic (exact) mass is 279 g/mol. The van der Waals surface area contributed by atoms with Crippen molar-refractivity contribution in [3.63, 3.8) is 0 Å². The number of methoxy groups -OCH3 is 1. The van der Waals surface area contributed by atoms with E-state index in [0.29, 0.717) is 11.6 Å². The number of rotatable bonds is 3. The molecule has 98 valence electrons. The largest absolute Gasteiger partial charge is 0.497 e. The van der Waals surface area contributed by atoms with Gasteiger partial charge < -0.3 is 9.64 Å². The second kappa shape index (κ2) is 4.66. The molecule has 0 amide bonds. The van der Waals surface area contributed by atoms with Crippen LogP contribution in [0.2, 0.25) is 25.2 Å². The van der Waals surface area contributed by atoms with Gasteiger partial charge in [-0.05, 0) is 17.7 Å². The van der Waals surface area contributed by atoms with E-state index in [4.69, 9.17) is 17.0 Å². The molecule has 0 aliphatic carbocycles. The predicted octanol–water partition coefficient (Wildman–Crippen LogP) is 3.72. The van der Waals surface area contributed by atoms with Crippen LogP contribution in [0.5, 0.6) is 5.75 Å². The van der Waals surface area contributed by atoms with Gasteiger partial charge in [-0.15, -0.1) is 0 Å². The number of ether oxygens (including phenoxy) is 1. The molecule has 0 radical (unpaired) electrons. The molecule has 1 aromatic carbocycles. The maximum Gasteiger partial charge on any atom is 0.118 e. The molecule has 2 rings (SSSR count). The van der Waals surface area contributed by atoms with Gasteiger partial charge in [-0.3, -0.25) is 0 Å². The van der Waals surface area contributed by atoms with Gasteiger partial charge in [0.1, 0.15) is 5.75 Å². The Morgan fingerprint density at radius 1 is 1.17 bits per heavy atom. The number of benzene rings is 1. The molecule has 1 fully saturated rings. The highest BCUT2D eigenvalue weighted by molar-refractivity contribution is 7.80. The van der Waals surface area contributed by atoms with Crippen molar-refractivity contribution in [3.8, 4) is 5.75 Å². The van der Waals surface area contributed by atoms with Gasteiger partial charge >= 0.3 is 0 Å². The van der Waals surface area contributed by atoms with Gasteiger partial charge in [0, 0.05) is 12.6 Å². The molecule has 0 spiro atoms. The van der Waals surface area contributed by atoms with Crippen LogP contribution in [-0.2, 0) is 0 Å². The van der Waals surface area contributed by atoms with Gasteiger partial charge in [-0.1, -0.05) is 44.0 Å². The van der Waals surface area contributed by atoms with E-state index in [2.05, 4.69) is 43.7 Å². The van der Waals surface area contributed by atoms with Crippen molar-refractivity contribution in [3.05, 3.63) is 29.8 Å². The number of likely N-dealkylation sites (tertiary alicyclic amines) is 1. The van der Waals surface area contributed by atoms with E-state index >= 15 is 0 Å². The van der Waals surface area contributed by atoms with E-state index < -0.39 is 8.07 Å². The Kier molecular flexibility index (Phi) is 3.51. The molecular weight excluding hydrogens is 258 g/mol. The van der Waals surface area contributed by atoms with E-state index in [1.54, 1.807) is 7.11 Å². The molecule has 1 saturated heterocycles. The average Bonchev–Trinajstić information content (AvgIpc) is 2.33. The molecular formula is C14H21NOSSi. The van der Waals surface area contributed by atoms with Crippen LogP contribution < -0.4 is 4.74 Å². The van der Waals surface area contributed by atoms with Crippen LogP contribution in [0, 0.1) is 0 Å². The molecule has 0 aromatic heterocycles. The number of hydrogen-bond donors (Lipinski definition) is 0. The van der Waals surface area contributed by atoms with E-state index in [0.717, 1.165) is 10.7 Å². The fourth-order valence-electron chi connectivity index (χ4n) is 2.69. The molecule has 0 saturated carbocycles. The van der Waals surface area contributed by atoms with Gasteiger partial charge in [-0.2, -0.15) is 0 Å². The van der Waals surface area contributed by atoms with Crippen LogP contribution in [-0.4, -0.2) is 32.1 Å². The Morgan fingerprint density at radius 3 is 2.17 bits per heavy atom. The summed E-state index contributed by atoms with van der Waals surface area (Å²) < 4.78 is 5.21. The van der Waals surface area contributed by atoms with Crippen molar-refractivity contribution in [2.45, 2.75) is 31.2 Å². The van der Waals surface area contributed by atoms with Crippen molar-refractivity contribution >= 4 is 25.3 Å². The molecule has 1 heterocycles. The standard InChI is InChI=1S/C14H21NOSSi/c1-15-12(13(14(15)17)18(3,4)5)10-6-8-11(16-2)9-7-10/h6-9,12-13H,1-5H3/t12-,13+/m1/s1. The Hall–Kier alpha value is -0.873. The summed E-state index contributed by atoms with van der Waals surface area (Å²) in [7, 11) is 2.54. The lowest BCUT2D eigenvalue weighted by Crippen LogP contribution is -2.56. The third-order valence-corrected chi connectivity index (χ3v) is 6.94. The highest BCUT2D eigenvalue weighted by atomic mass is 32.1. The number of thiocarbonyl (C=S) groups is 1. The summed E-state index contributed by atoms with van der Waals surface area (Å²) in [6.07, 6.45) is 0. The molecule has 0 N–H and O–H groups in total. The maximum absolute atomic E-state index is 5.54. The zero-order chi connectivity index (χ0) is 13.5. The first-order valence-electron chi connectivity index (χ1n) is 6.27. The smallest absolute Gasteiger partial charge is 0.118 e. The Bertz CT molecular complexity index is 452. The Labute approximate surface area is 116 Å². The molecule has 2 atom stereocenters. The van der Waals surface area contributed by atoms with E-state index in [1.165, 1.54) is 5.56 Å². The zero-order valence-electron chi connectivity index (χ0n) is 11.7. The SMILES string of the molecule is COc1ccc([C@@H]2[C@H]([Si](C)(C)C)C(=S)N2C)cc1. The minimum atomic E-state index is -1.26. The molecule has 1 aliphatic heterocycles. The summed E-state index contributed by atoms with van der Waals surface area (Å²) in [6.45, 7) is 7.19. The highest BCUT2D eigenvalue weighted by Gasteiger charge is 2.49. The van der Waals surface area contributed by atoms with Crippen molar-refractivity contribution in [1.29, 1.82) is 0 Å². The van der Waals surface area contributed by atoms with Crippen LogP contribution in [0.3, 0.4) is 0 Å². The molecule has 0 unspecified atom stereocenters. The number of nitrogens with zero attached hydrogens (tertiary/aromatic N) is 1. The third kappa shape index (κ3) is 2.19. The van der Waals surface area contributed by atoms with Crippen LogP contribution in [0.4, 0.5) is 0 Å². The van der Waals surface area contributed by atoms with Crippen molar-refractivity contribution < 1.29 is 4.74 Å². The molecule has 4 heteroatoms. The van der Waals surface area contributed by atoms with Gasteiger partial charge in [0.2, 0.25) is 0 Å². The first kappa shape index (κ1) is 13.6. The minimum absolute atomic E-state index is 0.454. The fourth-order valence-corrected chi connectivity index (χ4v) is 6.31. The first-order chi connectivity index (χ1) is 8.36. The Morgan fingerprint density at radius 2 is 1.72 bits per heavy atom. The fraction of sp³-hybridized carbons (Fsp3) is 0.500. The predicted molar refractivity (Wildman–Crippen MR) is 83.2 cm³/mol. The third-order valence-electron chi connectivity index (χ3n) is 3.74. The summed E-state index contributed by atoms with van der Waals surface area (Å²) in [6, 6.07) is 8.84. The molecule has 1 aliphatic rings. The maximum atomic E-state index is 5.54. The van der Waals surface area contributed by atoms with Gasteiger partial charge in [0.25, 0.3) is 0 Å². The Balaban J connectivity index is 2.28. The minimum Gasteiger partial charge on any atom is -0.497 e. The first-order valence-corrected chi connectivity index (χ1v) is 10.3. The van der Waals surface area contributed by atoms with Gasteiger partial charge in [0.15, 0.2) is 0 Å². The normalized spacial score (nSPS) is 23.8. The summed E-state index contributed by atoms with van der Waals surface area (Å²) >= 11 is 5.54. The lowest BCUT2D eigenvalue weighted by atomic mass is 9.94. The highest BCUT2D eigenvalue weighted by Crippen LogP contribution is 2.49. The second-order valence-electron chi connectivity index (χ2n) is 6.01. The van der Waals surface area contributed by atoms with Crippen molar-refractivity contribution in [2.75, 3.05) is 14.2 Å².